The molecular formula is C17H15ClN2O4S. The predicted molar refractivity (Wildman–Crippen MR) is 97.4 cm³/mol. The Labute approximate surface area is 150 Å². The van der Waals surface area contributed by atoms with Crippen molar-refractivity contribution in [1.29, 1.82) is 0 Å². The number of ether oxygens (including phenoxy) is 1. The largest absolute Gasteiger partial charge is 0.497 e. The fourth-order valence-corrected chi connectivity index (χ4v) is 3.85. The molecule has 0 radical (unpaired) electrons. The van der Waals surface area contributed by atoms with E-state index in [0.29, 0.717) is 22.1 Å². The fourth-order valence-electron chi connectivity index (χ4n) is 2.36. The maximum absolute atomic E-state index is 12.5. The van der Waals surface area contributed by atoms with Crippen LogP contribution in [0.25, 0.3) is 0 Å². The van der Waals surface area contributed by atoms with E-state index in [1.54, 1.807) is 55.6 Å². The third-order valence-electron chi connectivity index (χ3n) is 3.69. The summed E-state index contributed by atoms with van der Waals surface area (Å²) >= 11 is 5.83. The first kappa shape index (κ1) is 17.3. The lowest BCUT2D eigenvalue weighted by atomic mass is 10.3. The molecule has 0 aromatic heterocycles. The number of anilines is 2. The van der Waals surface area contributed by atoms with Gasteiger partial charge in [-0.25, -0.2) is 8.42 Å². The van der Waals surface area contributed by atoms with E-state index in [9.17, 15) is 13.2 Å². The molecule has 25 heavy (non-hydrogen) atoms. The maximum Gasteiger partial charge on any atom is 0.272 e. The molecule has 1 aliphatic rings. The highest BCUT2D eigenvalue weighted by Gasteiger charge is 2.40. The van der Waals surface area contributed by atoms with Crippen LogP contribution in [0.4, 0.5) is 11.4 Å². The Morgan fingerprint density at radius 1 is 1.12 bits per heavy atom. The number of halogens is 1. The molecule has 3 rings (SSSR count). The molecule has 1 amide bonds. The van der Waals surface area contributed by atoms with Crippen molar-refractivity contribution >= 4 is 38.7 Å². The van der Waals surface area contributed by atoms with Crippen LogP contribution in [0.1, 0.15) is 0 Å². The Hall–Kier alpha value is -2.51. The summed E-state index contributed by atoms with van der Waals surface area (Å²) in [5, 5.41) is 3.35. The average molecular weight is 379 g/mol. The molecule has 6 nitrogen and oxygen atoms in total. The Bertz CT molecular complexity index is 922. The second-order valence-corrected chi connectivity index (χ2v) is 7.70. The van der Waals surface area contributed by atoms with Crippen molar-refractivity contribution in [2.24, 2.45) is 0 Å². The number of sulfone groups is 1. The number of benzene rings is 2. The Balaban J connectivity index is 1.84. The molecule has 1 N–H and O–H groups in total. The van der Waals surface area contributed by atoms with Crippen molar-refractivity contribution in [3.05, 3.63) is 64.7 Å². The minimum atomic E-state index is -3.71. The van der Waals surface area contributed by atoms with Crippen LogP contribution >= 0.6 is 11.6 Å². The number of rotatable bonds is 4. The Morgan fingerprint density at radius 2 is 1.76 bits per heavy atom. The summed E-state index contributed by atoms with van der Waals surface area (Å²) in [6, 6.07) is 13.3. The van der Waals surface area contributed by atoms with Crippen molar-refractivity contribution in [3.8, 4) is 5.75 Å². The molecule has 0 spiro atoms. The lowest BCUT2D eigenvalue weighted by Gasteiger charge is -2.13. The van der Waals surface area contributed by atoms with Crippen LogP contribution in [0.5, 0.6) is 5.75 Å². The smallest absolute Gasteiger partial charge is 0.272 e. The second kappa shape index (κ2) is 6.78. The highest BCUT2D eigenvalue weighted by atomic mass is 35.5. The van der Waals surface area contributed by atoms with Crippen LogP contribution in [-0.4, -0.2) is 27.3 Å². The first-order valence-electron chi connectivity index (χ1n) is 7.32. The molecule has 8 heteroatoms. The van der Waals surface area contributed by atoms with Crippen LogP contribution in [0.2, 0.25) is 5.02 Å². The molecule has 1 saturated heterocycles. The highest BCUT2D eigenvalue weighted by molar-refractivity contribution is 7.97. The molecular weight excluding hydrogens is 364 g/mol. The van der Waals surface area contributed by atoms with Crippen LogP contribution in [0, 0.1) is 0 Å². The number of methoxy groups -OCH3 is 1. The number of amides is 1. The summed E-state index contributed by atoms with van der Waals surface area (Å²) < 4.78 is 29.7. The van der Waals surface area contributed by atoms with Gasteiger partial charge in [0.05, 0.1) is 7.11 Å². The van der Waals surface area contributed by atoms with Gasteiger partial charge in [-0.15, -0.1) is 0 Å². The quantitative estimate of drug-likeness (QED) is 0.827. The number of nitrogens with one attached hydrogen (secondary N) is 1. The van der Waals surface area contributed by atoms with Gasteiger partial charge in [-0.2, -0.15) is 0 Å². The predicted octanol–water partition coefficient (Wildman–Crippen LogP) is 3.02. The van der Waals surface area contributed by atoms with E-state index < -0.39 is 21.6 Å². The minimum Gasteiger partial charge on any atom is -0.497 e. The average Bonchev–Trinajstić information content (AvgIpc) is 2.83. The summed E-state index contributed by atoms with van der Waals surface area (Å²) in [4.78, 5) is 13.4. The zero-order chi connectivity index (χ0) is 18.0. The van der Waals surface area contributed by atoms with Gasteiger partial charge in [0.2, 0.25) is 9.84 Å². The molecule has 1 heterocycles. The van der Waals surface area contributed by atoms with Gasteiger partial charge >= 0.3 is 0 Å². The molecule has 1 aliphatic heterocycles. The fraction of sp³-hybridized carbons (Fsp3) is 0.118. The standard InChI is InChI=1S/C17H15ClN2O4S/c1-24-15-8-4-13(5-9-15)19-10-16-17(21)20(11-25(16,22)23)14-6-2-12(18)3-7-14/h2-10,19H,11H2,1H3/b16-10-. The summed E-state index contributed by atoms with van der Waals surface area (Å²) in [6.45, 7) is 0. The van der Waals surface area contributed by atoms with Crippen LogP contribution < -0.4 is 15.0 Å². The monoisotopic (exact) mass is 378 g/mol. The molecule has 2 aromatic rings. The van der Waals surface area contributed by atoms with Crippen molar-refractivity contribution < 1.29 is 17.9 Å². The normalized spacial score (nSPS) is 17.8. The van der Waals surface area contributed by atoms with Gasteiger partial charge in [-0.3, -0.25) is 9.69 Å². The topological polar surface area (TPSA) is 75.7 Å². The van der Waals surface area contributed by atoms with E-state index in [2.05, 4.69) is 5.32 Å². The first-order chi connectivity index (χ1) is 11.9. The van der Waals surface area contributed by atoms with Gasteiger partial charge in [0, 0.05) is 22.6 Å². The van der Waals surface area contributed by atoms with Gasteiger partial charge < -0.3 is 10.1 Å². The van der Waals surface area contributed by atoms with E-state index >= 15 is 0 Å². The third-order valence-corrected chi connectivity index (χ3v) is 5.50. The second-order valence-electron chi connectivity index (χ2n) is 5.33. The van der Waals surface area contributed by atoms with E-state index in [1.807, 2.05) is 0 Å². The van der Waals surface area contributed by atoms with Gasteiger partial charge in [0.25, 0.3) is 5.91 Å². The van der Waals surface area contributed by atoms with Crippen molar-refractivity contribution in [1.82, 2.24) is 0 Å². The zero-order valence-corrected chi connectivity index (χ0v) is 14.8. The first-order valence-corrected chi connectivity index (χ1v) is 9.35. The number of carbonyl (C=O) groups excluding carboxylic acids is 1. The van der Waals surface area contributed by atoms with Gasteiger partial charge in [0.1, 0.15) is 16.5 Å². The lowest BCUT2D eigenvalue weighted by Crippen LogP contribution is -2.24. The van der Waals surface area contributed by atoms with Crippen molar-refractivity contribution in [2.75, 3.05) is 23.2 Å². The number of hydrogen-bond donors (Lipinski definition) is 1. The van der Waals surface area contributed by atoms with Gasteiger partial charge in [0.15, 0.2) is 0 Å². The number of hydrogen-bond acceptors (Lipinski definition) is 5. The SMILES string of the molecule is COc1ccc(N/C=C2/C(=O)N(c3ccc(Cl)cc3)CS2(=O)=O)cc1. The highest BCUT2D eigenvalue weighted by Crippen LogP contribution is 2.28. The number of carbonyl (C=O) groups is 1. The molecule has 1 fully saturated rings. The molecule has 0 saturated carbocycles. The molecule has 130 valence electrons. The van der Waals surface area contributed by atoms with Crippen molar-refractivity contribution in [3.63, 3.8) is 0 Å². The van der Waals surface area contributed by atoms with Crippen molar-refractivity contribution in [2.45, 2.75) is 0 Å². The number of nitrogens with zero attached hydrogens (tertiary/aromatic N) is 1. The Kier molecular flexibility index (Phi) is 4.69. The van der Waals surface area contributed by atoms with Gasteiger partial charge in [-0.1, -0.05) is 11.6 Å². The van der Waals surface area contributed by atoms with E-state index in [1.165, 1.54) is 11.1 Å². The summed E-state index contributed by atoms with van der Waals surface area (Å²) in [5.41, 5.74) is 1.12. The molecule has 0 unspecified atom stereocenters. The zero-order valence-electron chi connectivity index (χ0n) is 13.3. The van der Waals surface area contributed by atoms with Crippen LogP contribution in [0.3, 0.4) is 0 Å². The van der Waals surface area contributed by atoms with Crippen LogP contribution in [-0.2, 0) is 14.6 Å². The lowest BCUT2D eigenvalue weighted by molar-refractivity contribution is -0.114. The van der Waals surface area contributed by atoms with E-state index in [4.69, 9.17) is 16.3 Å². The van der Waals surface area contributed by atoms with E-state index in [0.717, 1.165) is 0 Å². The maximum atomic E-state index is 12.5. The summed E-state index contributed by atoms with van der Waals surface area (Å²) in [6.07, 6.45) is 1.22. The third kappa shape index (κ3) is 3.62. The molecule has 0 aliphatic carbocycles. The molecule has 0 atom stereocenters. The minimum absolute atomic E-state index is 0.279. The van der Waals surface area contributed by atoms with Gasteiger partial charge in [-0.05, 0) is 48.5 Å². The van der Waals surface area contributed by atoms with Crippen LogP contribution in [0.15, 0.2) is 59.6 Å². The summed E-state index contributed by atoms with van der Waals surface area (Å²) in [7, 11) is -2.15. The molecule has 0 bridgehead atoms. The van der Waals surface area contributed by atoms with E-state index in [-0.39, 0.29) is 4.91 Å². The Morgan fingerprint density at radius 3 is 2.36 bits per heavy atom. The molecule has 2 aromatic carbocycles. The summed E-state index contributed by atoms with van der Waals surface area (Å²) in [5.74, 6) is -0.302.